The molecule has 3 rings (SSSR count). The van der Waals surface area contributed by atoms with Gasteiger partial charge in [-0.15, -0.1) is 0 Å². The van der Waals surface area contributed by atoms with Crippen molar-refractivity contribution in [2.45, 2.75) is 13.3 Å². The van der Waals surface area contributed by atoms with E-state index in [9.17, 15) is 4.39 Å². The summed E-state index contributed by atoms with van der Waals surface area (Å²) in [5.41, 5.74) is 8.48. The molecule has 0 radical (unpaired) electrons. The number of halogens is 1. The number of rotatable bonds is 4. The van der Waals surface area contributed by atoms with Crippen LogP contribution in [0, 0.1) is 5.82 Å². The van der Waals surface area contributed by atoms with E-state index in [1.54, 1.807) is 12.1 Å². The highest BCUT2D eigenvalue weighted by Crippen LogP contribution is 2.28. The summed E-state index contributed by atoms with van der Waals surface area (Å²) in [5.74, 6) is 0.736. The van der Waals surface area contributed by atoms with Crippen molar-refractivity contribution in [3.05, 3.63) is 48.3 Å². The van der Waals surface area contributed by atoms with Crippen molar-refractivity contribution in [3.8, 4) is 11.1 Å². The van der Waals surface area contributed by atoms with Gasteiger partial charge in [-0.3, -0.25) is 0 Å². The monoisotopic (exact) mass is 296 g/mol. The number of hydrogen-bond acceptors (Lipinski definition) is 4. The minimum atomic E-state index is -0.244. The van der Waals surface area contributed by atoms with Gasteiger partial charge in [0.05, 0.1) is 5.52 Å². The second kappa shape index (κ2) is 5.97. The fraction of sp³-hybridized carbons (Fsp3) is 0.176. The summed E-state index contributed by atoms with van der Waals surface area (Å²) in [4.78, 5) is 8.54. The Kier molecular flexibility index (Phi) is 3.87. The van der Waals surface area contributed by atoms with Gasteiger partial charge < -0.3 is 11.1 Å². The van der Waals surface area contributed by atoms with Crippen molar-refractivity contribution in [2.75, 3.05) is 17.6 Å². The van der Waals surface area contributed by atoms with E-state index < -0.39 is 0 Å². The van der Waals surface area contributed by atoms with Gasteiger partial charge in [0.2, 0.25) is 5.95 Å². The van der Waals surface area contributed by atoms with E-state index >= 15 is 0 Å². The molecule has 0 aliphatic rings. The van der Waals surface area contributed by atoms with Crippen molar-refractivity contribution in [1.29, 1.82) is 0 Å². The molecule has 1 heterocycles. The van der Waals surface area contributed by atoms with Crippen LogP contribution in [0.2, 0.25) is 0 Å². The first kappa shape index (κ1) is 14.3. The molecule has 0 unspecified atom stereocenters. The van der Waals surface area contributed by atoms with E-state index in [2.05, 4.69) is 22.2 Å². The maximum atomic E-state index is 13.1. The number of fused-ring (bicyclic) bond motifs is 1. The number of aromatic nitrogens is 2. The molecule has 0 aliphatic carbocycles. The average molecular weight is 296 g/mol. The highest BCUT2D eigenvalue weighted by Gasteiger charge is 2.08. The van der Waals surface area contributed by atoms with Crippen molar-refractivity contribution in [2.24, 2.45) is 0 Å². The Morgan fingerprint density at radius 3 is 2.50 bits per heavy atom. The molecule has 3 N–H and O–H groups in total. The van der Waals surface area contributed by atoms with E-state index in [1.165, 1.54) is 12.1 Å². The Morgan fingerprint density at radius 2 is 1.77 bits per heavy atom. The molecule has 0 saturated carbocycles. The van der Waals surface area contributed by atoms with Crippen molar-refractivity contribution >= 4 is 22.7 Å². The zero-order valence-corrected chi connectivity index (χ0v) is 12.3. The summed E-state index contributed by atoms with van der Waals surface area (Å²) < 4.78 is 13.1. The third-order valence-electron chi connectivity index (χ3n) is 3.43. The quantitative estimate of drug-likeness (QED) is 0.767. The van der Waals surface area contributed by atoms with Crippen LogP contribution in [0.5, 0.6) is 0 Å². The number of nitrogens with one attached hydrogen (secondary N) is 1. The molecule has 3 aromatic rings. The first-order valence-electron chi connectivity index (χ1n) is 7.24. The lowest BCUT2D eigenvalue weighted by Crippen LogP contribution is -2.06. The normalized spacial score (nSPS) is 10.8. The fourth-order valence-electron chi connectivity index (χ4n) is 2.35. The zero-order chi connectivity index (χ0) is 15.5. The summed E-state index contributed by atoms with van der Waals surface area (Å²) >= 11 is 0. The number of benzene rings is 2. The number of anilines is 2. The Bertz CT molecular complexity index is 800. The Balaban J connectivity index is 2.11. The van der Waals surface area contributed by atoms with Gasteiger partial charge >= 0.3 is 0 Å². The number of hydrogen-bond donors (Lipinski definition) is 2. The lowest BCUT2D eigenvalue weighted by molar-refractivity contribution is 0.628. The first-order valence-corrected chi connectivity index (χ1v) is 7.24. The van der Waals surface area contributed by atoms with Crippen LogP contribution in [0.3, 0.4) is 0 Å². The molecular weight excluding hydrogens is 279 g/mol. The summed E-state index contributed by atoms with van der Waals surface area (Å²) in [7, 11) is 0. The van der Waals surface area contributed by atoms with E-state index in [1.807, 2.05) is 18.2 Å². The van der Waals surface area contributed by atoms with E-state index in [0.29, 0.717) is 0 Å². The molecule has 0 spiro atoms. The summed E-state index contributed by atoms with van der Waals surface area (Å²) in [6, 6.07) is 12.3. The van der Waals surface area contributed by atoms with E-state index in [4.69, 9.17) is 5.73 Å². The SMILES string of the molecule is CCCNc1nc(N)nc2ccc(-c3ccc(F)cc3)cc12. The van der Waals surface area contributed by atoms with E-state index in [-0.39, 0.29) is 11.8 Å². The molecule has 4 nitrogen and oxygen atoms in total. The van der Waals surface area contributed by atoms with Crippen LogP contribution in [-0.4, -0.2) is 16.5 Å². The lowest BCUT2D eigenvalue weighted by Gasteiger charge is -2.10. The van der Waals surface area contributed by atoms with Crippen molar-refractivity contribution in [3.63, 3.8) is 0 Å². The molecule has 112 valence electrons. The standard InChI is InChI=1S/C17H17FN4/c1-2-9-20-16-14-10-12(11-3-6-13(18)7-4-11)5-8-15(14)21-17(19)22-16/h3-8,10H,2,9H2,1H3,(H3,19,20,21,22). The third-order valence-corrected chi connectivity index (χ3v) is 3.43. The smallest absolute Gasteiger partial charge is 0.222 e. The lowest BCUT2D eigenvalue weighted by atomic mass is 10.0. The van der Waals surface area contributed by atoms with Gasteiger partial charge in [0.15, 0.2) is 0 Å². The zero-order valence-electron chi connectivity index (χ0n) is 12.3. The molecule has 5 heteroatoms. The second-order valence-corrected chi connectivity index (χ2v) is 5.10. The maximum Gasteiger partial charge on any atom is 0.222 e. The Labute approximate surface area is 128 Å². The van der Waals surface area contributed by atoms with Crippen LogP contribution in [0.4, 0.5) is 16.2 Å². The minimum absolute atomic E-state index is 0.244. The molecule has 0 fully saturated rings. The molecule has 0 amide bonds. The molecule has 0 bridgehead atoms. The van der Waals surface area contributed by atoms with Gasteiger partial charge in [0, 0.05) is 11.9 Å². The van der Waals surface area contributed by atoms with Crippen LogP contribution in [0.25, 0.3) is 22.0 Å². The largest absolute Gasteiger partial charge is 0.369 e. The second-order valence-electron chi connectivity index (χ2n) is 5.10. The summed E-state index contributed by atoms with van der Waals surface area (Å²) in [5, 5.41) is 4.18. The highest BCUT2D eigenvalue weighted by molar-refractivity contribution is 5.93. The van der Waals surface area contributed by atoms with Crippen molar-refractivity contribution in [1.82, 2.24) is 9.97 Å². The minimum Gasteiger partial charge on any atom is -0.369 e. The molecule has 2 aromatic carbocycles. The van der Waals surface area contributed by atoms with Gasteiger partial charge in [0.1, 0.15) is 11.6 Å². The molecule has 0 aliphatic heterocycles. The van der Waals surface area contributed by atoms with Crippen molar-refractivity contribution < 1.29 is 4.39 Å². The molecule has 0 atom stereocenters. The van der Waals surface area contributed by atoms with Crippen LogP contribution >= 0.6 is 0 Å². The third kappa shape index (κ3) is 2.83. The Hall–Kier alpha value is -2.69. The highest BCUT2D eigenvalue weighted by atomic mass is 19.1. The van der Waals surface area contributed by atoms with Gasteiger partial charge in [-0.25, -0.2) is 9.37 Å². The molecule has 22 heavy (non-hydrogen) atoms. The molecular formula is C17H17FN4. The maximum absolute atomic E-state index is 13.1. The average Bonchev–Trinajstić information content (AvgIpc) is 2.53. The molecule has 1 aromatic heterocycles. The number of nitrogens with zero attached hydrogens (tertiary/aromatic N) is 2. The number of nitrogen functional groups attached to an aromatic ring is 1. The fourth-order valence-corrected chi connectivity index (χ4v) is 2.35. The van der Waals surface area contributed by atoms with Crippen LogP contribution in [-0.2, 0) is 0 Å². The molecule has 0 saturated heterocycles. The predicted molar refractivity (Wildman–Crippen MR) is 88.1 cm³/mol. The van der Waals surface area contributed by atoms with Crippen LogP contribution < -0.4 is 11.1 Å². The summed E-state index contributed by atoms with van der Waals surface area (Å²) in [6.07, 6.45) is 0.989. The van der Waals surface area contributed by atoms with E-state index in [0.717, 1.165) is 40.8 Å². The van der Waals surface area contributed by atoms with Gasteiger partial charge in [0.25, 0.3) is 0 Å². The van der Waals surface area contributed by atoms with Gasteiger partial charge in [-0.2, -0.15) is 4.98 Å². The first-order chi connectivity index (χ1) is 10.7. The summed E-state index contributed by atoms with van der Waals surface area (Å²) in [6.45, 7) is 2.90. The van der Waals surface area contributed by atoms with Gasteiger partial charge in [-0.05, 0) is 41.8 Å². The van der Waals surface area contributed by atoms with Gasteiger partial charge in [-0.1, -0.05) is 25.1 Å². The van der Waals surface area contributed by atoms with Crippen LogP contribution in [0.1, 0.15) is 13.3 Å². The van der Waals surface area contributed by atoms with Crippen LogP contribution in [0.15, 0.2) is 42.5 Å². The number of nitrogens with two attached hydrogens (primary N) is 1. The Morgan fingerprint density at radius 1 is 1.05 bits per heavy atom. The topological polar surface area (TPSA) is 63.8 Å². The predicted octanol–water partition coefficient (Wildman–Crippen LogP) is 3.84.